The first-order valence-electron chi connectivity index (χ1n) is 6.45. The molecule has 0 unspecified atom stereocenters. The minimum Gasteiger partial charge on any atom is -0.542 e. The third-order valence-electron chi connectivity index (χ3n) is 1.80. The second-order valence-electron chi connectivity index (χ2n) is 3.54. The SMILES string of the molecule is CC.C[C-]=O.[CH2-]C[C@H]([N-]S(C)(=O)=O)C(=O)N[C@@H](C[CH2-])C(=O)O.[W+2].[Y]. The number of carbonyl (C=O) groups excluding carboxylic acids is 2. The van der Waals surface area contributed by atoms with E-state index in [0.717, 1.165) is 6.26 Å². The molecule has 0 heterocycles. The summed E-state index contributed by atoms with van der Waals surface area (Å²) in [6.45, 7) is 12.1. The van der Waals surface area contributed by atoms with Gasteiger partial charge in [-0.05, 0) is 0 Å². The van der Waals surface area contributed by atoms with Gasteiger partial charge in [0, 0.05) is 39.0 Å². The normalized spacial score (nSPS) is 11.4. The van der Waals surface area contributed by atoms with Crippen molar-refractivity contribution in [2.24, 2.45) is 0 Å². The Balaban J connectivity index is -0.000000154. The minimum atomic E-state index is -3.68. The summed E-state index contributed by atoms with van der Waals surface area (Å²) >= 11 is 0. The number of aliphatic carboxylic acids is 1. The molecule has 1 radical (unpaired) electrons. The first kappa shape index (κ1) is 35.4. The van der Waals surface area contributed by atoms with Gasteiger partial charge in [-0.2, -0.15) is 19.8 Å². The Morgan fingerprint density at radius 3 is 1.83 bits per heavy atom. The first-order chi connectivity index (χ1) is 10.1. The maximum Gasteiger partial charge on any atom is 2.00 e. The summed E-state index contributed by atoms with van der Waals surface area (Å²) in [5, 5.41) is 10.8. The van der Waals surface area contributed by atoms with Crippen LogP contribution in [0.1, 0.15) is 33.6 Å². The monoisotopic (exact) mass is 609 g/mol. The Morgan fingerprint density at radius 1 is 1.25 bits per heavy atom. The molecule has 0 aliphatic carbocycles. The molecule has 0 aliphatic heterocycles. The molecular formula is C13H24N2O6SWY-2. The molecule has 0 aromatic rings. The average molecular weight is 609 g/mol. The maximum atomic E-state index is 11.5. The average Bonchev–Trinajstić information content (AvgIpc) is 2.43. The number of rotatable bonds is 7. The van der Waals surface area contributed by atoms with Gasteiger partial charge in [0.25, 0.3) is 0 Å². The summed E-state index contributed by atoms with van der Waals surface area (Å²) in [7, 11) is -3.68. The molecule has 0 saturated heterocycles. The minimum absolute atomic E-state index is 0. The second-order valence-corrected chi connectivity index (χ2v) is 5.21. The summed E-state index contributed by atoms with van der Waals surface area (Å²) in [5.74, 6) is -2.03. The van der Waals surface area contributed by atoms with E-state index < -0.39 is 34.0 Å². The van der Waals surface area contributed by atoms with Gasteiger partial charge < -0.3 is 33.8 Å². The standard InChI is InChI=1S/C9H15N2O5S.C2H3O.C2H6.W.Y/c1-4-6(11-17(3,15)16)8(12)10-7(5-2)9(13)14;1-2-3;1-2;;/h6-7H,1-2,4-5H2,3H3,(H,10,12)(H,13,14);1H3;1-2H3;;/q-3;-1;;+2;/t6-,7-;;;;/m0..../s1. The molecule has 1 amide bonds. The third-order valence-corrected chi connectivity index (χ3v) is 2.44. The van der Waals surface area contributed by atoms with Crippen LogP contribution in [-0.4, -0.2) is 50.0 Å². The van der Waals surface area contributed by atoms with Crippen molar-refractivity contribution in [2.45, 2.75) is 45.7 Å². The maximum absolute atomic E-state index is 11.5. The summed E-state index contributed by atoms with van der Waals surface area (Å²) in [6.07, 6.45) is 2.21. The zero-order valence-corrected chi connectivity index (χ0v) is 20.9. The first-order valence-corrected chi connectivity index (χ1v) is 8.30. The molecule has 0 spiro atoms. The molecule has 0 aromatic heterocycles. The van der Waals surface area contributed by atoms with E-state index in [9.17, 15) is 18.0 Å². The number of amides is 1. The molecular weight excluding hydrogens is 585 g/mol. The fraction of sp³-hybridized carbons (Fsp3) is 0.615. The van der Waals surface area contributed by atoms with Crippen LogP contribution < -0.4 is 5.32 Å². The smallest absolute Gasteiger partial charge is 0.542 e. The number of sulfonamides is 1. The van der Waals surface area contributed by atoms with E-state index in [2.05, 4.69) is 23.9 Å². The van der Waals surface area contributed by atoms with Gasteiger partial charge in [0.2, 0.25) is 5.91 Å². The van der Waals surface area contributed by atoms with Gasteiger partial charge in [0.1, 0.15) is 0 Å². The number of nitrogens with one attached hydrogen (secondary N) is 1. The van der Waals surface area contributed by atoms with Crippen LogP contribution in [0.15, 0.2) is 0 Å². The van der Waals surface area contributed by atoms with Crippen molar-refractivity contribution in [3.05, 3.63) is 18.6 Å². The Bertz CT molecular complexity index is 434. The molecule has 8 nitrogen and oxygen atoms in total. The van der Waals surface area contributed by atoms with Gasteiger partial charge in [-0.15, -0.1) is 0 Å². The van der Waals surface area contributed by atoms with Crippen LogP contribution in [0.3, 0.4) is 0 Å². The molecule has 0 fully saturated rings. The molecule has 11 heteroatoms. The Labute approximate surface area is 184 Å². The van der Waals surface area contributed by atoms with Gasteiger partial charge in [0.15, 0.2) is 0 Å². The van der Waals surface area contributed by atoms with Gasteiger partial charge in [-0.25, -0.2) is 8.42 Å². The molecule has 2 atom stereocenters. The number of carbonyl (C=O) groups is 2. The third kappa shape index (κ3) is 22.3. The van der Waals surface area contributed by atoms with Crippen molar-refractivity contribution in [1.82, 2.24) is 5.32 Å². The van der Waals surface area contributed by atoms with Crippen LogP contribution in [0.5, 0.6) is 0 Å². The molecule has 0 aromatic carbocycles. The van der Waals surface area contributed by atoms with Crippen LogP contribution >= 0.6 is 0 Å². The van der Waals surface area contributed by atoms with Crippen molar-refractivity contribution in [3.63, 3.8) is 0 Å². The number of nitrogens with zero attached hydrogens (tertiary/aromatic N) is 1. The van der Waals surface area contributed by atoms with Crippen LogP contribution in [0.4, 0.5) is 0 Å². The summed E-state index contributed by atoms with van der Waals surface area (Å²) in [4.78, 5) is 30.8. The quantitative estimate of drug-likeness (QED) is 0.412. The predicted octanol–water partition coefficient (Wildman–Crippen LogP) is 0.843. The van der Waals surface area contributed by atoms with E-state index in [4.69, 9.17) is 9.90 Å². The van der Waals surface area contributed by atoms with Gasteiger partial charge in [0.05, 0.1) is 16.1 Å². The van der Waals surface area contributed by atoms with Crippen LogP contribution in [0.2, 0.25) is 0 Å². The van der Waals surface area contributed by atoms with E-state index in [1.165, 1.54) is 13.2 Å². The van der Waals surface area contributed by atoms with E-state index in [0.29, 0.717) is 0 Å². The number of carboxylic acid groups (broad SMARTS) is 1. The molecule has 2 N–H and O–H groups in total. The number of hydrogen-bond acceptors (Lipinski definition) is 5. The predicted molar refractivity (Wildman–Crippen MR) is 84.2 cm³/mol. The van der Waals surface area contributed by atoms with Crippen molar-refractivity contribution in [1.29, 1.82) is 0 Å². The van der Waals surface area contributed by atoms with E-state index in [1.54, 1.807) is 0 Å². The Kier molecular flexibility index (Phi) is 31.5. The second kappa shape index (κ2) is 21.4. The fourth-order valence-electron chi connectivity index (χ4n) is 0.988. The van der Waals surface area contributed by atoms with E-state index in [-0.39, 0.29) is 66.6 Å². The van der Waals surface area contributed by atoms with E-state index in [1.807, 2.05) is 13.8 Å². The Hall–Kier alpha value is 0.312. The molecule has 0 rings (SSSR count). The number of carboxylic acids is 1. The summed E-state index contributed by atoms with van der Waals surface area (Å²) < 4.78 is 25.0. The molecule has 0 bridgehead atoms. The Morgan fingerprint density at radius 2 is 1.62 bits per heavy atom. The zero-order chi connectivity index (χ0) is 18.3. The van der Waals surface area contributed by atoms with E-state index >= 15 is 0 Å². The molecule has 0 saturated carbocycles. The van der Waals surface area contributed by atoms with Crippen LogP contribution in [-0.2, 0) is 78.2 Å². The van der Waals surface area contributed by atoms with Crippen LogP contribution in [0, 0.1) is 13.8 Å². The van der Waals surface area contributed by atoms with Crippen molar-refractivity contribution in [3.8, 4) is 0 Å². The molecule has 139 valence electrons. The fourth-order valence-corrected chi connectivity index (χ4v) is 1.65. The zero-order valence-electron chi connectivity index (χ0n) is 14.3. The van der Waals surface area contributed by atoms with Crippen molar-refractivity contribution < 1.29 is 81.7 Å². The molecule has 24 heavy (non-hydrogen) atoms. The largest absolute Gasteiger partial charge is 2.00 e. The van der Waals surface area contributed by atoms with Gasteiger partial charge >= 0.3 is 27.0 Å². The van der Waals surface area contributed by atoms with Gasteiger partial charge in [-0.3, -0.25) is 15.9 Å². The van der Waals surface area contributed by atoms with Gasteiger partial charge in [-0.1, -0.05) is 19.9 Å². The molecule has 0 aliphatic rings. The topological polar surface area (TPSA) is 132 Å². The van der Waals surface area contributed by atoms with Crippen molar-refractivity contribution in [2.75, 3.05) is 6.26 Å². The number of hydrogen-bond donors (Lipinski definition) is 2. The summed E-state index contributed by atoms with van der Waals surface area (Å²) in [6, 6.07) is -2.37. The van der Waals surface area contributed by atoms with Crippen molar-refractivity contribution >= 4 is 28.2 Å². The van der Waals surface area contributed by atoms with Crippen LogP contribution in [0.25, 0.3) is 4.72 Å². The summed E-state index contributed by atoms with van der Waals surface area (Å²) in [5.41, 5.74) is 0.